The maximum atomic E-state index is 12.4. The molecule has 0 radical (unpaired) electrons. The van der Waals surface area contributed by atoms with Crippen molar-refractivity contribution >= 4 is 60.5 Å². The largest absolute Gasteiger partial charge is 0.253 e. The number of benzene rings is 1. The zero-order valence-corrected chi connectivity index (χ0v) is 15.0. The van der Waals surface area contributed by atoms with Crippen LogP contribution in [0.5, 0.6) is 0 Å². The van der Waals surface area contributed by atoms with E-state index < -0.39 is 10.0 Å². The Hall–Kier alpha value is -0.110. The van der Waals surface area contributed by atoms with Crippen LogP contribution in [-0.2, 0) is 16.6 Å². The molecule has 108 valence electrons. The minimum absolute atomic E-state index is 0.183. The number of halogens is 3. The van der Waals surface area contributed by atoms with Crippen molar-refractivity contribution in [1.29, 1.82) is 0 Å². The lowest BCUT2D eigenvalue weighted by atomic mass is 10.2. The Morgan fingerprint density at radius 2 is 2.00 bits per heavy atom. The predicted octanol–water partition coefficient (Wildman–Crippen LogP) is 4.64. The standard InChI is InChI=1S/C12H10BrCl2NO2S2/c1-16(7-8-2-3-9(14)6-11(8)15)20(17,18)12-10(13)4-5-19-12/h2-6H,7H2,1H3. The molecule has 3 nitrogen and oxygen atoms in total. The number of hydrogen-bond acceptors (Lipinski definition) is 3. The van der Waals surface area contributed by atoms with Crippen LogP contribution in [0.2, 0.25) is 10.0 Å². The molecule has 0 aliphatic heterocycles. The molecule has 0 fully saturated rings. The fraction of sp³-hybridized carbons (Fsp3) is 0.167. The van der Waals surface area contributed by atoms with Gasteiger partial charge in [0.15, 0.2) is 0 Å². The van der Waals surface area contributed by atoms with Crippen molar-refractivity contribution in [3.05, 3.63) is 49.7 Å². The number of hydrogen-bond donors (Lipinski definition) is 0. The summed E-state index contributed by atoms with van der Waals surface area (Å²) in [4.78, 5) is 0. The SMILES string of the molecule is CN(Cc1ccc(Cl)cc1Cl)S(=O)(=O)c1sccc1Br. The summed E-state index contributed by atoms with van der Waals surface area (Å²) in [6.45, 7) is 0.183. The van der Waals surface area contributed by atoms with Gasteiger partial charge in [-0.2, -0.15) is 4.31 Å². The van der Waals surface area contributed by atoms with Crippen molar-refractivity contribution in [1.82, 2.24) is 4.31 Å². The van der Waals surface area contributed by atoms with Gasteiger partial charge in [-0.15, -0.1) is 11.3 Å². The molecular weight excluding hydrogens is 405 g/mol. The van der Waals surface area contributed by atoms with Crippen LogP contribution < -0.4 is 0 Å². The first-order valence-corrected chi connectivity index (χ1v) is 9.32. The van der Waals surface area contributed by atoms with Crippen LogP contribution in [0.25, 0.3) is 0 Å². The van der Waals surface area contributed by atoms with Crippen molar-refractivity contribution in [2.45, 2.75) is 10.8 Å². The van der Waals surface area contributed by atoms with Gasteiger partial charge < -0.3 is 0 Å². The third-order valence-electron chi connectivity index (χ3n) is 2.64. The van der Waals surface area contributed by atoms with E-state index in [1.807, 2.05) is 0 Å². The van der Waals surface area contributed by atoms with Gasteiger partial charge in [0.2, 0.25) is 0 Å². The first kappa shape index (κ1) is 16.3. The van der Waals surface area contributed by atoms with Crippen LogP contribution in [0.15, 0.2) is 38.3 Å². The van der Waals surface area contributed by atoms with E-state index in [1.165, 1.54) is 22.7 Å². The Bertz CT molecular complexity index is 731. The van der Waals surface area contributed by atoms with Crippen LogP contribution in [0.4, 0.5) is 0 Å². The molecule has 0 atom stereocenters. The Balaban J connectivity index is 2.28. The van der Waals surface area contributed by atoms with Gasteiger partial charge in [-0.05, 0) is 45.1 Å². The first-order valence-electron chi connectivity index (χ1n) is 5.45. The number of rotatable bonds is 4. The molecule has 20 heavy (non-hydrogen) atoms. The normalized spacial score (nSPS) is 12.1. The minimum Gasteiger partial charge on any atom is -0.206 e. The zero-order chi connectivity index (χ0) is 14.9. The molecule has 0 aliphatic rings. The molecule has 2 rings (SSSR count). The fourth-order valence-corrected chi connectivity index (χ4v) is 5.70. The van der Waals surface area contributed by atoms with Gasteiger partial charge in [-0.1, -0.05) is 29.3 Å². The molecule has 0 saturated carbocycles. The highest BCUT2D eigenvalue weighted by Crippen LogP contribution is 2.31. The molecule has 0 unspecified atom stereocenters. The van der Waals surface area contributed by atoms with Crippen LogP contribution >= 0.6 is 50.5 Å². The fourth-order valence-electron chi connectivity index (χ4n) is 1.58. The summed E-state index contributed by atoms with van der Waals surface area (Å²) < 4.78 is 27.0. The Morgan fingerprint density at radius 1 is 1.30 bits per heavy atom. The lowest BCUT2D eigenvalue weighted by molar-refractivity contribution is 0.468. The van der Waals surface area contributed by atoms with Crippen LogP contribution in [-0.4, -0.2) is 19.8 Å². The Morgan fingerprint density at radius 3 is 2.55 bits per heavy atom. The van der Waals surface area contributed by atoms with Gasteiger partial charge in [0, 0.05) is 28.1 Å². The van der Waals surface area contributed by atoms with Crippen molar-refractivity contribution in [2.24, 2.45) is 0 Å². The lowest BCUT2D eigenvalue weighted by Gasteiger charge is -2.17. The molecular formula is C12H10BrCl2NO2S2. The summed E-state index contributed by atoms with van der Waals surface area (Å²) in [7, 11) is -2.02. The maximum absolute atomic E-state index is 12.4. The zero-order valence-electron chi connectivity index (χ0n) is 10.3. The van der Waals surface area contributed by atoms with Crippen molar-refractivity contribution in [3.63, 3.8) is 0 Å². The van der Waals surface area contributed by atoms with E-state index in [4.69, 9.17) is 23.2 Å². The van der Waals surface area contributed by atoms with Gasteiger partial charge in [0.1, 0.15) is 4.21 Å². The predicted molar refractivity (Wildman–Crippen MR) is 87.1 cm³/mol. The second-order valence-corrected chi connectivity index (χ2v) is 8.91. The molecule has 0 N–H and O–H groups in total. The van der Waals surface area contributed by atoms with Crippen molar-refractivity contribution < 1.29 is 8.42 Å². The molecule has 0 saturated heterocycles. The van der Waals surface area contributed by atoms with Gasteiger partial charge in [0.05, 0.1) is 0 Å². The third kappa shape index (κ3) is 3.37. The Kier molecular flexibility index (Phi) is 5.15. The number of thiophene rings is 1. The van der Waals surface area contributed by atoms with Gasteiger partial charge in [-0.3, -0.25) is 0 Å². The topological polar surface area (TPSA) is 37.4 Å². The van der Waals surface area contributed by atoms with E-state index in [1.54, 1.807) is 29.6 Å². The van der Waals surface area contributed by atoms with E-state index >= 15 is 0 Å². The highest BCUT2D eigenvalue weighted by Gasteiger charge is 2.25. The molecule has 1 heterocycles. The maximum Gasteiger partial charge on any atom is 0.253 e. The summed E-state index contributed by atoms with van der Waals surface area (Å²) in [6.07, 6.45) is 0. The average Bonchev–Trinajstić information content (AvgIpc) is 2.79. The van der Waals surface area contributed by atoms with Gasteiger partial charge >= 0.3 is 0 Å². The number of sulfonamides is 1. The highest BCUT2D eigenvalue weighted by molar-refractivity contribution is 9.10. The summed E-state index contributed by atoms with van der Waals surface area (Å²) in [5, 5.41) is 2.69. The molecule has 2 aromatic rings. The minimum atomic E-state index is -3.54. The first-order chi connectivity index (χ1) is 9.32. The molecule has 0 spiro atoms. The smallest absolute Gasteiger partial charge is 0.206 e. The van der Waals surface area contributed by atoms with E-state index in [0.29, 0.717) is 20.1 Å². The second kappa shape index (κ2) is 6.34. The van der Waals surface area contributed by atoms with Crippen LogP contribution in [0, 0.1) is 0 Å². The molecule has 0 bridgehead atoms. The molecule has 0 aliphatic carbocycles. The monoisotopic (exact) mass is 413 g/mol. The number of nitrogens with zero attached hydrogens (tertiary/aromatic N) is 1. The van der Waals surface area contributed by atoms with E-state index in [-0.39, 0.29) is 10.8 Å². The summed E-state index contributed by atoms with van der Waals surface area (Å²) in [5.41, 5.74) is 0.704. The van der Waals surface area contributed by atoms with Crippen LogP contribution in [0.3, 0.4) is 0 Å². The highest BCUT2D eigenvalue weighted by atomic mass is 79.9. The van der Waals surface area contributed by atoms with Crippen molar-refractivity contribution in [2.75, 3.05) is 7.05 Å². The van der Waals surface area contributed by atoms with E-state index in [0.717, 1.165) is 0 Å². The molecule has 8 heteroatoms. The molecule has 1 aromatic carbocycles. The summed E-state index contributed by atoms with van der Waals surface area (Å²) in [6, 6.07) is 6.71. The second-order valence-electron chi connectivity index (χ2n) is 4.05. The average molecular weight is 415 g/mol. The van der Waals surface area contributed by atoms with Crippen molar-refractivity contribution in [3.8, 4) is 0 Å². The quantitative estimate of drug-likeness (QED) is 0.730. The summed E-state index contributed by atoms with van der Waals surface area (Å²) in [5.74, 6) is 0. The van der Waals surface area contributed by atoms with Crippen LogP contribution in [0.1, 0.15) is 5.56 Å². The molecule has 0 amide bonds. The lowest BCUT2D eigenvalue weighted by Crippen LogP contribution is -2.26. The molecule has 1 aromatic heterocycles. The van der Waals surface area contributed by atoms with E-state index in [9.17, 15) is 8.42 Å². The van der Waals surface area contributed by atoms with Gasteiger partial charge in [-0.25, -0.2) is 8.42 Å². The Labute approximate surface area is 140 Å². The third-order valence-corrected chi connectivity index (χ3v) is 7.67. The van der Waals surface area contributed by atoms with E-state index in [2.05, 4.69) is 15.9 Å². The summed E-state index contributed by atoms with van der Waals surface area (Å²) >= 11 is 16.3. The van der Waals surface area contributed by atoms with Gasteiger partial charge in [0.25, 0.3) is 10.0 Å².